The van der Waals surface area contributed by atoms with Gasteiger partial charge in [-0.1, -0.05) is 13.8 Å². The van der Waals surface area contributed by atoms with Gasteiger partial charge in [0, 0.05) is 5.56 Å². The van der Waals surface area contributed by atoms with Crippen LogP contribution in [0.25, 0.3) is 11.0 Å². The molecule has 0 bridgehead atoms. The Labute approximate surface area is 125 Å². The third-order valence-corrected chi connectivity index (χ3v) is 3.20. The molecule has 22 heavy (non-hydrogen) atoms. The third-order valence-electron chi connectivity index (χ3n) is 3.20. The Kier molecular flexibility index (Phi) is 4.63. The molecule has 0 unspecified atom stereocenters. The standard InChI is InChI=1S/C15H16F3N3O/c1-3-10-11(4-2)21-13-7-9(5-6-12(13)20-10)14(22)19-8-15(16,17)18/h5-7H,3-4,8H2,1-2H3,(H,19,22). The topological polar surface area (TPSA) is 54.9 Å². The van der Waals surface area contributed by atoms with Gasteiger partial charge in [0.1, 0.15) is 6.54 Å². The van der Waals surface area contributed by atoms with Gasteiger partial charge in [-0.25, -0.2) is 9.97 Å². The van der Waals surface area contributed by atoms with Gasteiger partial charge >= 0.3 is 6.18 Å². The molecule has 0 aliphatic rings. The van der Waals surface area contributed by atoms with Crippen LogP contribution in [-0.4, -0.2) is 28.6 Å². The highest BCUT2D eigenvalue weighted by Crippen LogP contribution is 2.17. The number of benzene rings is 1. The highest BCUT2D eigenvalue weighted by Gasteiger charge is 2.27. The molecular weight excluding hydrogens is 295 g/mol. The molecule has 4 nitrogen and oxygen atoms in total. The van der Waals surface area contributed by atoms with Crippen molar-refractivity contribution in [1.29, 1.82) is 0 Å². The van der Waals surface area contributed by atoms with Gasteiger partial charge in [-0.05, 0) is 31.0 Å². The predicted molar refractivity (Wildman–Crippen MR) is 76.7 cm³/mol. The van der Waals surface area contributed by atoms with Gasteiger partial charge in [0.25, 0.3) is 5.91 Å². The highest BCUT2D eigenvalue weighted by molar-refractivity contribution is 5.97. The molecule has 1 amide bonds. The Hall–Kier alpha value is -2.18. The zero-order valence-electron chi connectivity index (χ0n) is 12.3. The summed E-state index contributed by atoms with van der Waals surface area (Å²) in [4.78, 5) is 20.7. The van der Waals surface area contributed by atoms with Crippen molar-refractivity contribution in [3.8, 4) is 0 Å². The van der Waals surface area contributed by atoms with Crippen LogP contribution in [0.1, 0.15) is 35.6 Å². The fourth-order valence-electron chi connectivity index (χ4n) is 2.12. The molecule has 0 aliphatic carbocycles. The van der Waals surface area contributed by atoms with Gasteiger partial charge in [0.15, 0.2) is 0 Å². The van der Waals surface area contributed by atoms with Gasteiger partial charge < -0.3 is 5.32 Å². The number of halogens is 3. The van der Waals surface area contributed by atoms with Crippen molar-refractivity contribution in [2.45, 2.75) is 32.9 Å². The number of aromatic nitrogens is 2. The first kappa shape index (κ1) is 16.2. The second kappa shape index (κ2) is 6.29. The first-order valence-electron chi connectivity index (χ1n) is 6.98. The lowest BCUT2D eigenvalue weighted by atomic mass is 10.1. The van der Waals surface area contributed by atoms with Gasteiger partial charge in [-0.2, -0.15) is 13.2 Å². The maximum Gasteiger partial charge on any atom is 0.405 e. The van der Waals surface area contributed by atoms with E-state index < -0.39 is 18.6 Å². The van der Waals surface area contributed by atoms with E-state index in [9.17, 15) is 18.0 Å². The number of nitrogens with one attached hydrogen (secondary N) is 1. The summed E-state index contributed by atoms with van der Waals surface area (Å²) >= 11 is 0. The molecule has 118 valence electrons. The van der Waals surface area contributed by atoms with Crippen LogP contribution in [0.5, 0.6) is 0 Å². The van der Waals surface area contributed by atoms with E-state index in [-0.39, 0.29) is 5.56 Å². The quantitative estimate of drug-likeness (QED) is 0.944. The zero-order valence-corrected chi connectivity index (χ0v) is 12.3. The minimum Gasteiger partial charge on any atom is -0.343 e. The fourth-order valence-corrected chi connectivity index (χ4v) is 2.12. The number of fused-ring (bicyclic) bond motifs is 1. The molecule has 0 radical (unpaired) electrons. The molecule has 1 heterocycles. The normalized spacial score (nSPS) is 11.7. The summed E-state index contributed by atoms with van der Waals surface area (Å²) in [5.74, 6) is -0.779. The largest absolute Gasteiger partial charge is 0.405 e. The van der Waals surface area contributed by atoms with Crippen molar-refractivity contribution in [1.82, 2.24) is 15.3 Å². The Bertz CT molecular complexity index is 698. The number of carbonyl (C=O) groups is 1. The maximum absolute atomic E-state index is 12.1. The first-order chi connectivity index (χ1) is 10.3. The second-order valence-electron chi connectivity index (χ2n) is 4.83. The summed E-state index contributed by atoms with van der Waals surface area (Å²) in [5.41, 5.74) is 3.00. The number of alkyl halides is 3. The van der Waals surface area contributed by atoms with Crippen LogP contribution in [0.15, 0.2) is 18.2 Å². The summed E-state index contributed by atoms with van der Waals surface area (Å²) in [6.45, 7) is 2.58. The summed E-state index contributed by atoms with van der Waals surface area (Å²) in [6.07, 6.45) is -2.98. The van der Waals surface area contributed by atoms with E-state index in [1.165, 1.54) is 12.1 Å². The Morgan fingerprint density at radius 2 is 1.68 bits per heavy atom. The molecule has 7 heteroatoms. The number of amides is 1. The second-order valence-corrected chi connectivity index (χ2v) is 4.83. The monoisotopic (exact) mass is 311 g/mol. The van der Waals surface area contributed by atoms with Crippen molar-refractivity contribution in [2.75, 3.05) is 6.54 Å². The minimum atomic E-state index is -4.43. The number of hydrogen-bond donors (Lipinski definition) is 1. The Balaban J connectivity index is 2.31. The molecule has 0 spiro atoms. The van der Waals surface area contributed by atoms with Crippen molar-refractivity contribution in [3.63, 3.8) is 0 Å². The molecule has 0 saturated carbocycles. The lowest BCUT2D eigenvalue weighted by Crippen LogP contribution is -2.33. The lowest BCUT2D eigenvalue weighted by Gasteiger charge is -2.10. The number of rotatable bonds is 4. The molecule has 0 atom stereocenters. The molecule has 1 N–H and O–H groups in total. The maximum atomic E-state index is 12.1. The number of aryl methyl sites for hydroxylation is 2. The van der Waals surface area contributed by atoms with E-state index in [0.717, 1.165) is 17.8 Å². The Morgan fingerprint density at radius 1 is 1.09 bits per heavy atom. The molecule has 0 fully saturated rings. The average Bonchev–Trinajstić information content (AvgIpc) is 2.49. The van der Waals surface area contributed by atoms with Gasteiger partial charge in [-0.15, -0.1) is 0 Å². The van der Waals surface area contributed by atoms with Crippen LogP contribution in [0.2, 0.25) is 0 Å². The SMILES string of the molecule is CCc1nc2ccc(C(=O)NCC(F)(F)F)cc2nc1CC. The molecule has 2 rings (SSSR count). The van der Waals surface area contributed by atoms with Crippen molar-refractivity contribution < 1.29 is 18.0 Å². The van der Waals surface area contributed by atoms with E-state index in [1.807, 2.05) is 19.2 Å². The molecule has 1 aromatic carbocycles. The van der Waals surface area contributed by atoms with Crippen LogP contribution in [0.3, 0.4) is 0 Å². The van der Waals surface area contributed by atoms with E-state index in [4.69, 9.17) is 0 Å². The molecule has 0 saturated heterocycles. The number of carbonyl (C=O) groups excluding carboxylic acids is 1. The van der Waals surface area contributed by atoms with Crippen molar-refractivity contribution >= 4 is 16.9 Å². The van der Waals surface area contributed by atoms with E-state index >= 15 is 0 Å². The van der Waals surface area contributed by atoms with E-state index in [1.54, 1.807) is 6.07 Å². The third kappa shape index (κ3) is 3.72. The molecular formula is C15H16F3N3O. The molecule has 2 aromatic rings. The highest BCUT2D eigenvalue weighted by atomic mass is 19.4. The Morgan fingerprint density at radius 3 is 2.23 bits per heavy atom. The van der Waals surface area contributed by atoms with E-state index in [0.29, 0.717) is 17.5 Å². The molecule has 0 aliphatic heterocycles. The summed E-state index contributed by atoms with van der Waals surface area (Å²) < 4.78 is 36.4. The van der Waals surface area contributed by atoms with Crippen molar-refractivity contribution in [3.05, 3.63) is 35.2 Å². The summed E-state index contributed by atoms with van der Waals surface area (Å²) in [7, 11) is 0. The van der Waals surface area contributed by atoms with Crippen LogP contribution in [0.4, 0.5) is 13.2 Å². The minimum absolute atomic E-state index is 0.136. The van der Waals surface area contributed by atoms with Gasteiger partial charge in [0.05, 0.1) is 22.4 Å². The van der Waals surface area contributed by atoms with Crippen LogP contribution in [-0.2, 0) is 12.8 Å². The van der Waals surface area contributed by atoms with Crippen LogP contribution >= 0.6 is 0 Å². The molecule has 1 aromatic heterocycles. The van der Waals surface area contributed by atoms with E-state index in [2.05, 4.69) is 9.97 Å². The van der Waals surface area contributed by atoms with Crippen LogP contribution < -0.4 is 5.32 Å². The van der Waals surface area contributed by atoms with Crippen LogP contribution in [0, 0.1) is 0 Å². The lowest BCUT2D eigenvalue weighted by molar-refractivity contribution is -0.123. The smallest absolute Gasteiger partial charge is 0.343 e. The predicted octanol–water partition coefficient (Wildman–Crippen LogP) is 3.05. The summed E-state index contributed by atoms with van der Waals surface area (Å²) in [6, 6.07) is 4.52. The van der Waals surface area contributed by atoms with Crippen molar-refractivity contribution in [2.24, 2.45) is 0 Å². The fraction of sp³-hybridized carbons (Fsp3) is 0.400. The number of nitrogens with zero attached hydrogens (tertiary/aromatic N) is 2. The average molecular weight is 311 g/mol. The van der Waals surface area contributed by atoms with Gasteiger partial charge in [0.2, 0.25) is 0 Å². The summed E-state index contributed by atoms with van der Waals surface area (Å²) in [5, 5.41) is 1.84. The number of hydrogen-bond acceptors (Lipinski definition) is 3. The zero-order chi connectivity index (χ0) is 16.3. The van der Waals surface area contributed by atoms with Gasteiger partial charge in [-0.3, -0.25) is 4.79 Å². The first-order valence-corrected chi connectivity index (χ1v) is 6.98.